The fraction of sp³-hybridized carbons (Fsp3) is 0.375. The van der Waals surface area contributed by atoms with Crippen molar-refractivity contribution in [3.63, 3.8) is 0 Å². The van der Waals surface area contributed by atoms with E-state index in [1.165, 1.54) is 33.6 Å². The average molecular weight is 406 g/mol. The molecule has 3 aromatic rings. The number of H-pyrrole nitrogens is 1. The van der Waals surface area contributed by atoms with Crippen LogP contribution in [0.1, 0.15) is 49.0 Å². The Morgan fingerprint density at radius 1 is 1.03 bits per heavy atom. The first-order chi connectivity index (χ1) is 14.1. The van der Waals surface area contributed by atoms with Crippen LogP contribution in [0.2, 0.25) is 5.02 Å². The highest BCUT2D eigenvalue weighted by Crippen LogP contribution is 2.44. The van der Waals surface area contributed by atoms with Crippen molar-refractivity contribution in [1.29, 1.82) is 0 Å². The van der Waals surface area contributed by atoms with Gasteiger partial charge in [0.25, 0.3) is 0 Å². The number of hydrogen-bond donors (Lipinski definition) is 2. The number of ether oxygens (including phenoxy) is 1. The molecule has 1 aliphatic carbocycles. The Morgan fingerprint density at radius 3 is 2.72 bits per heavy atom. The maximum Gasteiger partial charge on any atom is 0.129 e. The Morgan fingerprint density at radius 2 is 1.90 bits per heavy atom. The lowest BCUT2D eigenvalue weighted by Gasteiger charge is -2.25. The van der Waals surface area contributed by atoms with Gasteiger partial charge >= 0.3 is 0 Å². The van der Waals surface area contributed by atoms with E-state index in [-0.39, 0.29) is 0 Å². The second kappa shape index (κ2) is 6.35. The lowest BCUT2D eigenvalue weighted by molar-refractivity contribution is 0.302. The standard InChI is InChI=1S/C24H24ClN3O/c1-12-7-21(26-13(12)2)24-27-20-6-3-14-8-18-15(9-19(14)23(20)28-24)11-29-22-10-16(25)4-5-17(18)22/h4-5,8-10,12-13,21,26H,3,6-7,11H2,1-2H3,(H,27,28)/t12-,13-,21+/m1/s1. The minimum atomic E-state index is 0.326. The van der Waals surface area contributed by atoms with Crippen LogP contribution in [0.3, 0.4) is 0 Å². The number of aromatic nitrogens is 2. The van der Waals surface area contributed by atoms with Crippen LogP contribution in [-0.4, -0.2) is 16.0 Å². The number of aryl methyl sites for hydroxylation is 2. The van der Waals surface area contributed by atoms with Crippen molar-refractivity contribution in [3.8, 4) is 28.1 Å². The van der Waals surface area contributed by atoms with Crippen molar-refractivity contribution < 1.29 is 4.74 Å². The van der Waals surface area contributed by atoms with E-state index in [9.17, 15) is 0 Å². The fourth-order valence-electron chi connectivity index (χ4n) is 5.06. The van der Waals surface area contributed by atoms with Crippen molar-refractivity contribution in [2.75, 3.05) is 0 Å². The first kappa shape index (κ1) is 17.5. The molecule has 0 amide bonds. The number of imidazole rings is 1. The third kappa shape index (κ3) is 2.73. The predicted octanol–water partition coefficient (Wildman–Crippen LogP) is 5.45. The van der Waals surface area contributed by atoms with Crippen LogP contribution in [0.15, 0.2) is 30.3 Å². The molecule has 1 aromatic heterocycles. The molecule has 0 bridgehead atoms. The highest BCUT2D eigenvalue weighted by atomic mass is 35.5. The molecule has 4 nitrogen and oxygen atoms in total. The van der Waals surface area contributed by atoms with Crippen molar-refractivity contribution in [2.45, 2.75) is 51.8 Å². The number of benzene rings is 2. The number of fused-ring (bicyclic) bond motifs is 6. The topological polar surface area (TPSA) is 49.9 Å². The summed E-state index contributed by atoms with van der Waals surface area (Å²) in [4.78, 5) is 8.67. The van der Waals surface area contributed by atoms with Gasteiger partial charge < -0.3 is 15.0 Å². The third-order valence-corrected chi connectivity index (χ3v) is 7.13. The van der Waals surface area contributed by atoms with E-state index in [2.05, 4.69) is 42.3 Å². The molecule has 3 aliphatic rings. The van der Waals surface area contributed by atoms with Gasteiger partial charge in [0.1, 0.15) is 18.2 Å². The summed E-state index contributed by atoms with van der Waals surface area (Å²) in [6, 6.07) is 11.4. The Kier molecular flexibility index (Phi) is 3.84. The van der Waals surface area contributed by atoms with Gasteiger partial charge in [-0.1, -0.05) is 18.5 Å². The van der Waals surface area contributed by atoms with Crippen molar-refractivity contribution in [2.24, 2.45) is 5.92 Å². The molecule has 148 valence electrons. The molecule has 0 radical (unpaired) electrons. The van der Waals surface area contributed by atoms with Crippen molar-refractivity contribution in [1.82, 2.24) is 15.3 Å². The van der Waals surface area contributed by atoms with Crippen LogP contribution in [-0.2, 0) is 19.4 Å². The Hall–Kier alpha value is -2.30. The SMILES string of the molecule is C[C@@H]1C[C@@H](c2nc3c([nH]2)-c2cc4c(cc2CC3)-c2ccc(Cl)cc2OC4)N[C@@H]1C. The number of nitrogens with one attached hydrogen (secondary N) is 2. The zero-order valence-corrected chi connectivity index (χ0v) is 17.4. The zero-order chi connectivity index (χ0) is 19.7. The van der Waals surface area contributed by atoms with Crippen LogP contribution in [0, 0.1) is 5.92 Å². The summed E-state index contributed by atoms with van der Waals surface area (Å²) in [7, 11) is 0. The molecule has 0 saturated carbocycles. The van der Waals surface area contributed by atoms with Gasteiger partial charge in [-0.3, -0.25) is 0 Å². The number of rotatable bonds is 1. The van der Waals surface area contributed by atoms with Gasteiger partial charge in [0, 0.05) is 22.2 Å². The maximum absolute atomic E-state index is 6.15. The van der Waals surface area contributed by atoms with Crippen molar-refractivity contribution in [3.05, 3.63) is 58.0 Å². The number of halogens is 1. The molecular formula is C24H24ClN3O. The van der Waals surface area contributed by atoms with Crippen LogP contribution in [0.25, 0.3) is 22.4 Å². The van der Waals surface area contributed by atoms with Crippen molar-refractivity contribution >= 4 is 11.6 Å². The number of nitrogens with zero attached hydrogens (tertiary/aromatic N) is 1. The Labute approximate surface area is 175 Å². The molecule has 0 spiro atoms. The van der Waals surface area contributed by atoms with Crippen LogP contribution in [0.4, 0.5) is 0 Å². The average Bonchev–Trinajstić information content (AvgIpc) is 3.30. The second-order valence-corrected chi connectivity index (χ2v) is 9.20. The van der Waals surface area contributed by atoms with Gasteiger partial charge in [-0.15, -0.1) is 0 Å². The summed E-state index contributed by atoms with van der Waals surface area (Å²) in [5.41, 5.74) is 8.69. The highest BCUT2D eigenvalue weighted by molar-refractivity contribution is 6.30. The van der Waals surface area contributed by atoms with E-state index >= 15 is 0 Å². The molecule has 2 N–H and O–H groups in total. The molecule has 6 rings (SSSR count). The first-order valence-corrected chi connectivity index (χ1v) is 10.9. The van der Waals surface area contributed by atoms with E-state index in [1.54, 1.807) is 0 Å². The minimum absolute atomic E-state index is 0.326. The van der Waals surface area contributed by atoms with Crippen LogP contribution < -0.4 is 10.1 Å². The molecule has 29 heavy (non-hydrogen) atoms. The van der Waals surface area contributed by atoms with Gasteiger partial charge in [0.15, 0.2) is 0 Å². The highest BCUT2D eigenvalue weighted by Gasteiger charge is 2.32. The van der Waals surface area contributed by atoms with Gasteiger partial charge in [-0.25, -0.2) is 4.98 Å². The molecule has 2 aliphatic heterocycles. The largest absolute Gasteiger partial charge is 0.488 e. The number of aromatic amines is 1. The lowest BCUT2D eigenvalue weighted by atomic mass is 9.86. The summed E-state index contributed by atoms with van der Waals surface area (Å²) in [5.74, 6) is 2.64. The minimum Gasteiger partial charge on any atom is -0.488 e. The van der Waals surface area contributed by atoms with Crippen LogP contribution in [0.5, 0.6) is 5.75 Å². The summed E-state index contributed by atoms with van der Waals surface area (Å²) in [6.07, 6.45) is 3.14. The van der Waals surface area contributed by atoms with E-state index in [4.69, 9.17) is 21.3 Å². The quantitative estimate of drug-likeness (QED) is 0.566. The molecule has 3 heterocycles. The molecule has 3 atom stereocenters. The zero-order valence-electron chi connectivity index (χ0n) is 16.7. The summed E-state index contributed by atoms with van der Waals surface area (Å²) >= 11 is 6.15. The Bertz CT molecular complexity index is 1130. The van der Waals surface area contributed by atoms with E-state index in [1.807, 2.05) is 12.1 Å². The predicted molar refractivity (Wildman–Crippen MR) is 115 cm³/mol. The third-order valence-electron chi connectivity index (χ3n) is 6.90. The van der Waals surface area contributed by atoms with E-state index in [0.29, 0.717) is 29.6 Å². The molecular weight excluding hydrogens is 382 g/mol. The summed E-state index contributed by atoms with van der Waals surface area (Å²) < 4.78 is 6.00. The Balaban J connectivity index is 1.42. The maximum atomic E-state index is 6.15. The van der Waals surface area contributed by atoms with Gasteiger partial charge in [-0.05, 0) is 79.1 Å². The fourth-order valence-corrected chi connectivity index (χ4v) is 5.22. The summed E-state index contributed by atoms with van der Waals surface area (Å²) in [5, 5.41) is 4.41. The second-order valence-electron chi connectivity index (χ2n) is 8.76. The van der Waals surface area contributed by atoms with Gasteiger partial charge in [-0.2, -0.15) is 0 Å². The van der Waals surface area contributed by atoms with E-state index in [0.717, 1.165) is 36.4 Å². The van der Waals surface area contributed by atoms with E-state index < -0.39 is 0 Å². The summed E-state index contributed by atoms with van der Waals surface area (Å²) in [6.45, 7) is 5.15. The van der Waals surface area contributed by atoms with Gasteiger partial charge in [0.2, 0.25) is 0 Å². The monoisotopic (exact) mass is 405 g/mol. The number of hydrogen-bond acceptors (Lipinski definition) is 3. The molecule has 1 fully saturated rings. The van der Waals surface area contributed by atoms with Crippen LogP contribution >= 0.6 is 11.6 Å². The first-order valence-electron chi connectivity index (χ1n) is 10.5. The normalized spacial score (nSPS) is 24.3. The van der Waals surface area contributed by atoms with Gasteiger partial charge in [0.05, 0.1) is 17.4 Å². The smallest absolute Gasteiger partial charge is 0.129 e. The lowest BCUT2D eigenvalue weighted by Crippen LogP contribution is -2.24. The molecule has 0 unspecified atom stereocenters. The molecule has 1 saturated heterocycles. The molecule has 5 heteroatoms. The molecule has 2 aromatic carbocycles.